The van der Waals surface area contributed by atoms with Gasteiger partial charge < -0.3 is 14.8 Å². The van der Waals surface area contributed by atoms with Gasteiger partial charge in [0, 0.05) is 30.7 Å². The summed E-state index contributed by atoms with van der Waals surface area (Å²) in [4.78, 5) is 0. The molecule has 0 unspecified atom stereocenters. The third-order valence-electron chi connectivity index (χ3n) is 3.65. The average Bonchev–Trinajstić information content (AvgIpc) is 2.93. The van der Waals surface area contributed by atoms with Crippen LogP contribution in [-0.2, 0) is 13.6 Å². The Morgan fingerprint density at radius 3 is 2.45 bits per heavy atom. The fourth-order valence-corrected chi connectivity index (χ4v) is 2.45. The number of aromatic nitrogens is 2. The number of benzene rings is 2. The van der Waals surface area contributed by atoms with Crippen molar-refractivity contribution >= 4 is 16.6 Å². The molecule has 0 fully saturated rings. The van der Waals surface area contributed by atoms with Crippen LogP contribution in [-0.4, -0.2) is 24.0 Å². The zero-order valence-corrected chi connectivity index (χ0v) is 13.0. The van der Waals surface area contributed by atoms with Crippen molar-refractivity contribution in [3.05, 3.63) is 48.2 Å². The van der Waals surface area contributed by atoms with Crippen LogP contribution in [0.25, 0.3) is 10.9 Å². The molecule has 0 saturated carbocycles. The Kier molecular flexibility index (Phi) is 3.87. The van der Waals surface area contributed by atoms with Gasteiger partial charge in [-0.15, -0.1) is 0 Å². The third kappa shape index (κ3) is 2.83. The van der Waals surface area contributed by atoms with Gasteiger partial charge in [-0.05, 0) is 35.9 Å². The molecule has 0 saturated heterocycles. The van der Waals surface area contributed by atoms with Gasteiger partial charge in [-0.1, -0.05) is 0 Å². The molecule has 22 heavy (non-hydrogen) atoms. The summed E-state index contributed by atoms with van der Waals surface area (Å²) in [6.45, 7) is 0.694. The lowest BCUT2D eigenvalue weighted by atomic mass is 10.2. The molecule has 0 aliphatic heterocycles. The van der Waals surface area contributed by atoms with Gasteiger partial charge in [0.15, 0.2) is 0 Å². The maximum Gasteiger partial charge on any atom is 0.122 e. The van der Waals surface area contributed by atoms with Crippen molar-refractivity contribution in [3.8, 4) is 11.5 Å². The fraction of sp³-hybridized carbons (Fsp3) is 0.235. The van der Waals surface area contributed by atoms with Crippen molar-refractivity contribution in [2.45, 2.75) is 6.54 Å². The molecule has 3 rings (SSSR count). The summed E-state index contributed by atoms with van der Waals surface area (Å²) in [5.74, 6) is 1.58. The van der Waals surface area contributed by atoms with Gasteiger partial charge in [0.1, 0.15) is 11.5 Å². The van der Waals surface area contributed by atoms with Crippen molar-refractivity contribution in [3.63, 3.8) is 0 Å². The maximum atomic E-state index is 5.29. The number of ether oxygens (including phenoxy) is 2. The summed E-state index contributed by atoms with van der Waals surface area (Å²) in [7, 11) is 5.25. The van der Waals surface area contributed by atoms with Crippen molar-refractivity contribution < 1.29 is 9.47 Å². The number of hydrogen-bond donors (Lipinski definition) is 1. The largest absolute Gasteiger partial charge is 0.497 e. The van der Waals surface area contributed by atoms with Crippen LogP contribution in [0.1, 0.15) is 5.56 Å². The first kappa shape index (κ1) is 14.3. The lowest BCUT2D eigenvalue weighted by Crippen LogP contribution is -2.00. The Bertz CT molecular complexity index is 773. The van der Waals surface area contributed by atoms with Gasteiger partial charge in [0.05, 0.1) is 25.9 Å². The van der Waals surface area contributed by atoms with Gasteiger partial charge in [-0.2, -0.15) is 5.10 Å². The second kappa shape index (κ2) is 5.97. The summed E-state index contributed by atoms with van der Waals surface area (Å²) in [6.07, 6.45) is 1.87. The van der Waals surface area contributed by atoms with Gasteiger partial charge >= 0.3 is 0 Å². The minimum absolute atomic E-state index is 0.694. The number of rotatable bonds is 5. The van der Waals surface area contributed by atoms with Gasteiger partial charge in [0.2, 0.25) is 0 Å². The molecule has 1 heterocycles. The van der Waals surface area contributed by atoms with E-state index in [-0.39, 0.29) is 0 Å². The summed E-state index contributed by atoms with van der Waals surface area (Å²) < 4.78 is 12.4. The first-order valence-electron chi connectivity index (χ1n) is 7.07. The monoisotopic (exact) mass is 297 g/mol. The molecule has 0 amide bonds. The summed E-state index contributed by atoms with van der Waals surface area (Å²) in [5.41, 5.74) is 3.28. The Morgan fingerprint density at radius 1 is 1.05 bits per heavy atom. The lowest BCUT2D eigenvalue weighted by molar-refractivity contribution is 0.393. The van der Waals surface area contributed by atoms with E-state index in [1.807, 2.05) is 36.1 Å². The highest BCUT2D eigenvalue weighted by Gasteiger charge is 2.04. The first-order chi connectivity index (χ1) is 10.7. The second-order valence-corrected chi connectivity index (χ2v) is 5.12. The quantitative estimate of drug-likeness (QED) is 0.785. The summed E-state index contributed by atoms with van der Waals surface area (Å²) >= 11 is 0. The van der Waals surface area contributed by atoms with Gasteiger partial charge in [0.25, 0.3) is 0 Å². The highest BCUT2D eigenvalue weighted by atomic mass is 16.5. The van der Waals surface area contributed by atoms with Crippen LogP contribution < -0.4 is 14.8 Å². The molecule has 1 aromatic heterocycles. The summed E-state index contributed by atoms with van der Waals surface area (Å²) in [6, 6.07) is 12.1. The number of aryl methyl sites for hydroxylation is 1. The molecule has 114 valence electrons. The molecular weight excluding hydrogens is 278 g/mol. The first-order valence-corrected chi connectivity index (χ1v) is 7.07. The molecular formula is C17H19N3O2. The summed E-state index contributed by atoms with van der Waals surface area (Å²) in [5, 5.41) is 8.79. The number of methoxy groups -OCH3 is 2. The lowest BCUT2D eigenvalue weighted by Gasteiger charge is -2.10. The highest BCUT2D eigenvalue weighted by molar-refractivity contribution is 5.82. The van der Waals surface area contributed by atoms with E-state index in [2.05, 4.69) is 28.6 Å². The highest BCUT2D eigenvalue weighted by Crippen LogP contribution is 2.24. The van der Waals surface area contributed by atoms with Crippen LogP contribution in [0, 0.1) is 0 Å². The molecule has 2 aromatic carbocycles. The number of anilines is 1. The van der Waals surface area contributed by atoms with E-state index in [9.17, 15) is 0 Å². The predicted octanol–water partition coefficient (Wildman–Crippen LogP) is 3.20. The Balaban J connectivity index is 1.78. The minimum Gasteiger partial charge on any atom is -0.497 e. The van der Waals surface area contributed by atoms with Gasteiger partial charge in [-0.25, -0.2) is 0 Å². The average molecular weight is 297 g/mol. The zero-order chi connectivity index (χ0) is 15.5. The van der Waals surface area contributed by atoms with Crippen LogP contribution in [0.4, 0.5) is 5.69 Å². The van der Waals surface area contributed by atoms with Crippen LogP contribution in [0.2, 0.25) is 0 Å². The van der Waals surface area contributed by atoms with Crippen molar-refractivity contribution in [1.29, 1.82) is 0 Å². The minimum atomic E-state index is 0.694. The van der Waals surface area contributed by atoms with Crippen molar-refractivity contribution in [2.75, 3.05) is 19.5 Å². The van der Waals surface area contributed by atoms with E-state index in [0.29, 0.717) is 6.54 Å². The SMILES string of the molecule is COc1cc(CNc2ccc3c(cnn3C)c2)cc(OC)c1. The molecule has 0 radical (unpaired) electrons. The van der Waals surface area contributed by atoms with Crippen molar-refractivity contribution in [1.82, 2.24) is 9.78 Å². The molecule has 3 aromatic rings. The van der Waals surface area contributed by atoms with E-state index in [4.69, 9.17) is 9.47 Å². The molecule has 0 spiro atoms. The topological polar surface area (TPSA) is 48.3 Å². The molecule has 0 aliphatic rings. The Hall–Kier alpha value is -2.69. The number of hydrogen-bond acceptors (Lipinski definition) is 4. The molecule has 1 N–H and O–H groups in total. The molecule has 0 atom stereocenters. The van der Waals surface area contributed by atoms with Crippen LogP contribution in [0.5, 0.6) is 11.5 Å². The molecule has 5 heteroatoms. The number of fused-ring (bicyclic) bond motifs is 1. The van der Waals surface area contributed by atoms with E-state index >= 15 is 0 Å². The van der Waals surface area contributed by atoms with Crippen LogP contribution in [0.3, 0.4) is 0 Å². The normalized spacial score (nSPS) is 10.7. The Labute approximate surface area is 129 Å². The van der Waals surface area contributed by atoms with E-state index in [0.717, 1.165) is 33.7 Å². The van der Waals surface area contributed by atoms with Crippen LogP contribution in [0.15, 0.2) is 42.6 Å². The Morgan fingerprint density at radius 2 is 1.77 bits per heavy atom. The van der Waals surface area contributed by atoms with E-state index in [1.165, 1.54) is 0 Å². The van der Waals surface area contributed by atoms with E-state index < -0.39 is 0 Å². The third-order valence-corrected chi connectivity index (χ3v) is 3.65. The number of nitrogens with one attached hydrogen (secondary N) is 1. The zero-order valence-electron chi connectivity index (χ0n) is 13.0. The standard InChI is InChI=1S/C17H19N3O2/c1-20-17-5-4-14(8-13(17)11-19-20)18-10-12-6-15(21-2)9-16(7-12)22-3/h4-9,11,18H,10H2,1-3H3. The van der Waals surface area contributed by atoms with E-state index in [1.54, 1.807) is 14.2 Å². The number of nitrogens with zero attached hydrogens (tertiary/aromatic N) is 2. The molecule has 5 nitrogen and oxygen atoms in total. The van der Waals surface area contributed by atoms with Gasteiger partial charge in [-0.3, -0.25) is 4.68 Å². The van der Waals surface area contributed by atoms with Crippen LogP contribution >= 0.6 is 0 Å². The second-order valence-electron chi connectivity index (χ2n) is 5.12. The predicted molar refractivity (Wildman–Crippen MR) is 87.6 cm³/mol. The molecule has 0 aliphatic carbocycles. The molecule has 0 bridgehead atoms. The smallest absolute Gasteiger partial charge is 0.122 e. The fourth-order valence-electron chi connectivity index (χ4n) is 2.45. The van der Waals surface area contributed by atoms with Crippen molar-refractivity contribution in [2.24, 2.45) is 7.05 Å². The maximum absolute atomic E-state index is 5.29.